The van der Waals surface area contributed by atoms with Crippen molar-refractivity contribution >= 4 is 37.7 Å². The van der Waals surface area contributed by atoms with E-state index in [1.54, 1.807) is 0 Å². The Bertz CT molecular complexity index is 625. The molecule has 0 spiro atoms. The molecule has 0 saturated heterocycles. The third-order valence-corrected chi connectivity index (χ3v) is 4.20. The summed E-state index contributed by atoms with van der Waals surface area (Å²) in [7, 11) is -10.3. The van der Waals surface area contributed by atoms with E-state index in [-0.39, 0.29) is 6.07 Å². The number of carboxylic acid groups (broad SMARTS) is 2. The molecule has 0 amide bonds. The van der Waals surface area contributed by atoms with Gasteiger partial charge in [0.15, 0.2) is 0 Å². The highest BCUT2D eigenvalue weighted by Crippen LogP contribution is 2.39. The molecule has 12 heteroatoms. The zero-order chi connectivity index (χ0) is 15.9. The Balaban J connectivity index is 3.89. The molecular formula is C8H8O10P2. The fourth-order valence-electron chi connectivity index (χ4n) is 1.40. The van der Waals surface area contributed by atoms with Gasteiger partial charge in [0.1, 0.15) is 0 Å². The van der Waals surface area contributed by atoms with E-state index in [0.717, 1.165) is 0 Å². The molecule has 0 radical (unpaired) electrons. The second kappa shape index (κ2) is 5.10. The zero-order valence-electron chi connectivity index (χ0n) is 9.37. The quantitative estimate of drug-likeness (QED) is 0.362. The predicted octanol–water partition coefficient (Wildman–Crippen LogP) is -1.31. The van der Waals surface area contributed by atoms with E-state index in [2.05, 4.69) is 0 Å². The Kier molecular flexibility index (Phi) is 4.21. The van der Waals surface area contributed by atoms with Crippen LogP contribution in [0.15, 0.2) is 12.1 Å². The van der Waals surface area contributed by atoms with Crippen molar-refractivity contribution in [1.29, 1.82) is 0 Å². The first-order chi connectivity index (χ1) is 8.85. The Morgan fingerprint density at radius 3 is 1.25 bits per heavy atom. The number of hydrogen-bond acceptors (Lipinski definition) is 4. The molecule has 1 aromatic rings. The summed E-state index contributed by atoms with van der Waals surface area (Å²) in [6.07, 6.45) is 0. The van der Waals surface area contributed by atoms with Crippen LogP contribution in [0.3, 0.4) is 0 Å². The summed E-state index contributed by atoms with van der Waals surface area (Å²) in [6, 6.07) is 0.502. The molecule has 0 aliphatic rings. The van der Waals surface area contributed by atoms with Crippen LogP contribution < -0.4 is 10.6 Å². The predicted molar refractivity (Wildman–Crippen MR) is 63.7 cm³/mol. The average molecular weight is 326 g/mol. The molecule has 0 fully saturated rings. The van der Waals surface area contributed by atoms with Gasteiger partial charge in [-0.05, 0) is 12.1 Å². The van der Waals surface area contributed by atoms with E-state index in [9.17, 15) is 18.7 Å². The normalized spacial score (nSPS) is 12.2. The van der Waals surface area contributed by atoms with Crippen molar-refractivity contribution in [2.75, 3.05) is 0 Å². The number of carbonyl (C=O) groups is 2. The molecule has 0 aliphatic heterocycles. The molecule has 0 aliphatic carbocycles. The minimum atomic E-state index is -5.17. The largest absolute Gasteiger partial charge is 0.478 e. The third-order valence-electron chi connectivity index (χ3n) is 2.20. The molecule has 1 aromatic carbocycles. The van der Waals surface area contributed by atoms with Gasteiger partial charge in [0.2, 0.25) is 0 Å². The number of aromatic carboxylic acids is 2. The van der Waals surface area contributed by atoms with Gasteiger partial charge in [0, 0.05) is 0 Å². The van der Waals surface area contributed by atoms with Crippen molar-refractivity contribution in [2.45, 2.75) is 0 Å². The summed E-state index contributed by atoms with van der Waals surface area (Å²) in [5.41, 5.74) is -2.10. The lowest BCUT2D eigenvalue weighted by Gasteiger charge is -2.14. The van der Waals surface area contributed by atoms with Crippen molar-refractivity contribution in [3.05, 3.63) is 23.3 Å². The minimum Gasteiger partial charge on any atom is -0.478 e. The van der Waals surface area contributed by atoms with Crippen LogP contribution in [0.4, 0.5) is 0 Å². The van der Waals surface area contributed by atoms with E-state index >= 15 is 0 Å². The van der Waals surface area contributed by atoms with Gasteiger partial charge >= 0.3 is 27.1 Å². The van der Waals surface area contributed by atoms with Gasteiger partial charge in [-0.25, -0.2) is 9.59 Å². The number of carboxylic acids is 2. The van der Waals surface area contributed by atoms with Crippen LogP contribution in [0.2, 0.25) is 0 Å². The monoisotopic (exact) mass is 326 g/mol. The molecule has 110 valence electrons. The lowest BCUT2D eigenvalue weighted by atomic mass is 10.1. The fraction of sp³-hybridized carbons (Fsp3) is 0. The number of benzene rings is 1. The summed E-state index contributed by atoms with van der Waals surface area (Å²) < 4.78 is 22.3. The summed E-state index contributed by atoms with van der Waals surface area (Å²) in [5, 5.41) is 15.3. The highest BCUT2D eigenvalue weighted by atomic mass is 31.2. The maximum atomic E-state index is 11.1. The van der Waals surface area contributed by atoms with Gasteiger partial charge in [-0.1, -0.05) is 0 Å². The van der Waals surface area contributed by atoms with E-state index in [1.807, 2.05) is 0 Å². The molecule has 0 saturated carbocycles. The summed E-state index contributed by atoms with van der Waals surface area (Å²) in [5.74, 6) is -3.69. The summed E-state index contributed by atoms with van der Waals surface area (Å²) >= 11 is 0. The SMILES string of the molecule is O=C(O)c1cc(C(=O)O)c(P(=O)(O)O)cc1P(=O)(O)O. The summed E-state index contributed by atoms with van der Waals surface area (Å²) in [4.78, 5) is 57.7. The number of hydrogen-bond donors (Lipinski definition) is 6. The molecule has 20 heavy (non-hydrogen) atoms. The van der Waals surface area contributed by atoms with E-state index in [4.69, 9.17) is 29.8 Å². The Labute approximate surface area is 110 Å². The van der Waals surface area contributed by atoms with E-state index in [0.29, 0.717) is 6.07 Å². The molecule has 0 aromatic heterocycles. The maximum Gasteiger partial charge on any atom is 0.357 e. The van der Waals surface area contributed by atoms with Crippen molar-refractivity contribution in [3.8, 4) is 0 Å². The lowest BCUT2D eigenvalue weighted by molar-refractivity contribution is 0.0696. The topological polar surface area (TPSA) is 190 Å². The van der Waals surface area contributed by atoms with Crippen LogP contribution in [-0.4, -0.2) is 41.7 Å². The van der Waals surface area contributed by atoms with Crippen molar-refractivity contribution in [1.82, 2.24) is 0 Å². The Morgan fingerprint density at radius 2 is 1.05 bits per heavy atom. The molecule has 6 N–H and O–H groups in total. The molecule has 0 atom stereocenters. The van der Waals surface area contributed by atoms with Crippen molar-refractivity contribution < 1.29 is 48.5 Å². The lowest BCUT2D eigenvalue weighted by Crippen LogP contribution is -2.26. The highest BCUT2D eigenvalue weighted by Gasteiger charge is 2.33. The van der Waals surface area contributed by atoms with Crippen LogP contribution in [0.5, 0.6) is 0 Å². The first-order valence-electron chi connectivity index (χ1n) is 4.62. The second-order valence-electron chi connectivity index (χ2n) is 3.58. The van der Waals surface area contributed by atoms with Gasteiger partial charge in [0.05, 0.1) is 21.7 Å². The molecule has 0 bridgehead atoms. The van der Waals surface area contributed by atoms with Crippen LogP contribution in [0.25, 0.3) is 0 Å². The van der Waals surface area contributed by atoms with Gasteiger partial charge in [-0.2, -0.15) is 0 Å². The second-order valence-corrected chi connectivity index (χ2v) is 6.72. The van der Waals surface area contributed by atoms with Crippen LogP contribution >= 0.6 is 15.2 Å². The van der Waals surface area contributed by atoms with Gasteiger partial charge in [0.25, 0.3) is 0 Å². The average Bonchev–Trinajstić information content (AvgIpc) is 2.24. The zero-order valence-corrected chi connectivity index (χ0v) is 11.2. The molecule has 0 heterocycles. The standard InChI is InChI=1S/C8H8O10P2/c9-7(10)3-1-4(8(11)12)6(20(16,17)18)2-5(3)19(13,14)15/h1-2H,(H,9,10)(H,11,12)(H2,13,14,15)(H2,16,17,18). The van der Waals surface area contributed by atoms with Crippen LogP contribution in [0, 0.1) is 0 Å². The summed E-state index contributed by atoms with van der Waals surface area (Å²) in [6.45, 7) is 0. The first kappa shape index (κ1) is 16.5. The highest BCUT2D eigenvalue weighted by molar-refractivity contribution is 7.62. The van der Waals surface area contributed by atoms with Crippen LogP contribution in [-0.2, 0) is 9.13 Å². The molecule has 1 rings (SSSR count). The van der Waals surface area contributed by atoms with Crippen molar-refractivity contribution in [3.63, 3.8) is 0 Å². The smallest absolute Gasteiger partial charge is 0.357 e. The van der Waals surface area contributed by atoms with E-state index < -0.39 is 48.9 Å². The fourth-order valence-corrected chi connectivity index (χ4v) is 3.05. The molecular weight excluding hydrogens is 318 g/mol. The van der Waals surface area contributed by atoms with Gasteiger partial charge < -0.3 is 29.8 Å². The van der Waals surface area contributed by atoms with Crippen LogP contribution in [0.1, 0.15) is 20.7 Å². The van der Waals surface area contributed by atoms with Crippen molar-refractivity contribution in [2.24, 2.45) is 0 Å². The molecule has 0 unspecified atom stereocenters. The number of rotatable bonds is 4. The van der Waals surface area contributed by atoms with E-state index in [1.165, 1.54) is 0 Å². The Hall–Kier alpha value is -1.54. The first-order valence-corrected chi connectivity index (χ1v) is 7.85. The van der Waals surface area contributed by atoms with Gasteiger partial charge in [-0.3, -0.25) is 9.13 Å². The third kappa shape index (κ3) is 3.31. The minimum absolute atomic E-state index is 0.203. The Morgan fingerprint density at radius 1 is 0.750 bits per heavy atom. The maximum absolute atomic E-state index is 11.1. The molecule has 10 nitrogen and oxygen atoms in total. The van der Waals surface area contributed by atoms with Gasteiger partial charge in [-0.15, -0.1) is 0 Å².